The van der Waals surface area contributed by atoms with Crippen LogP contribution in [0.1, 0.15) is 37.2 Å². The number of carbonyl (C=O) groups excluding carboxylic acids is 3. The summed E-state index contributed by atoms with van der Waals surface area (Å²) in [7, 11) is 1.48. The van der Waals surface area contributed by atoms with E-state index in [0.29, 0.717) is 11.5 Å². The molecular formula is C34H40O10. The highest BCUT2D eigenvalue weighted by Crippen LogP contribution is 2.40. The highest BCUT2D eigenvalue weighted by Gasteiger charge is 2.27. The minimum absolute atomic E-state index is 0.0121. The summed E-state index contributed by atoms with van der Waals surface area (Å²) in [6.45, 7) is 10.6. The molecule has 44 heavy (non-hydrogen) atoms. The van der Waals surface area contributed by atoms with Gasteiger partial charge in [-0.1, -0.05) is 37.9 Å². The molecule has 0 bridgehead atoms. The lowest BCUT2D eigenvalue weighted by Gasteiger charge is -2.29. The molecule has 0 unspecified atom stereocenters. The van der Waals surface area contributed by atoms with E-state index in [1.165, 1.54) is 13.2 Å². The van der Waals surface area contributed by atoms with Crippen LogP contribution in [0.3, 0.4) is 0 Å². The van der Waals surface area contributed by atoms with Gasteiger partial charge < -0.3 is 33.5 Å². The quantitative estimate of drug-likeness (QED) is 0.117. The van der Waals surface area contributed by atoms with Crippen LogP contribution in [-0.2, 0) is 33.3 Å². The number of benzene rings is 2. The number of ether oxygens (including phenoxy) is 6. The molecule has 0 spiro atoms. The molecule has 0 atom stereocenters. The van der Waals surface area contributed by atoms with Crippen LogP contribution in [0.15, 0.2) is 79.4 Å². The number of esters is 3. The molecule has 10 nitrogen and oxygen atoms in total. The van der Waals surface area contributed by atoms with Crippen molar-refractivity contribution in [3.63, 3.8) is 0 Å². The molecule has 0 aliphatic heterocycles. The lowest BCUT2D eigenvalue weighted by molar-refractivity contribution is -0.144. The summed E-state index contributed by atoms with van der Waals surface area (Å²) in [6, 6.07) is 13.5. The van der Waals surface area contributed by atoms with E-state index in [-0.39, 0.29) is 56.2 Å². The molecule has 1 N–H and O–H groups in total. The van der Waals surface area contributed by atoms with Crippen LogP contribution in [0.25, 0.3) is 11.1 Å². The SMILES string of the molecule is C=CC(=O)OC1CCC(c2cc(-c3ccc(OCCOC(=O)C(=C)CO)cc3)ccc2OCCOC(=O)C(=C)COC)CC1. The van der Waals surface area contributed by atoms with E-state index >= 15 is 0 Å². The first kappa shape index (κ1) is 34.1. The van der Waals surface area contributed by atoms with Crippen LogP contribution < -0.4 is 9.47 Å². The standard InChI is InChI=1S/C34H40O10/c1-5-32(36)44-29-13-8-26(9-14-29)30-20-27(10-15-31(30)41-17-19-43-34(38)24(3)22-39-4)25-6-11-28(12-7-25)40-16-18-42-33(37)23(2)21-35/h5-7,10-12,15,20,26,29,35H,1-3,8-9,13-14,16-19,21-22H2,4H3. The van der Waals surface area contributed by atoms with E-state index in [1.54, 1.807) is 0 Å². The van der Waals surface area contributed by atoms with Gasteiger partial charge in [-0.25, -0.2) is 14.4 Å². The molecule has 2 aromatic rings. The Labute approximate surface area is 257 Å². The normalized spacial score (nSPS) is 15.9. The molecule has 10 heteroatoms. The number of rotatable bonds is 17. The molecule has 0 saturated heterocycles. The van der Waals surface area contributed by atoms with Crippen LogP contribution in [0, 0.1) is 0 Å². The summed E-state index contributed by atoms with van der Waals surface area (Å²) in [5, 5.41) is 8.93. The zero-order chi connectivity index (χ0) is 31.9. The van der Waals surface area contributed by atoms with Gasteiger partial charge in [-0.15, -0.1) is 0 Å². The molecule has 2 aromatic carbocycles. The Kier molecular flexibility index (Phi) is 13.7. The summed E-state index contributed by atoms with van der Waals surface area (Å²) in [5.74, 6) is -0.107. The Morgan fingerprint density at radius 1 is 0.841 bits per heavy atom. The second kappa shape index (κ2) is 17.6. The van der Waals surface area contributed by atoms with Gasteiger partial charge >= 0.3 is 17.9 Å². The van der Waals surface area contributed by atoms with Gasteiger partial charge in [-0.3, -0.25) is 0 Å². The molecule has 1 saturated carbocycles. The minimum Gasteiger partial charge on any atom is -0.490 e. The number of hydrogen-bond donors (Lipinski definition) is 1. The maximum absolute atomic E-state index is 12.0. The fourth-order valence-corrected chi connectivity index (χ4v) is 4.71. The Balaban J connectivity index is 1.67. The summed E-state index contributed by atoms with van der Waals surface area (Å²) in [4.78, 5) is 35.3. The van der Waals surface area contributed by atoms with E-state index in [2.05, 4.69) is 25.8 Å². The minimum atomic E-state index is -0.657. The predicted octanol–water partition coefficient (Wildman–Crippen LogP) is 4.70. The van der Waals surface area contributed by atoms with Crippen LogP contribution in [0.4, 0.5) is 0 Å². The van der Waals surface area contributed by atoms with Gasteiger partial charge in [0.2, 0.25) is 0 Å². The zero-order valence-corrected chi connectivity index (χ0v) is 25.1. The zero-order valence-electron chi connectivity index (χ0n) is 25.1. The topological polar surface area (TPSA) is 127 Å². The Morgan fingerprint density at radius 3 is 2.07 bits per heavy atom. The second-order valence-corrected chi connectivity index (χ2v) is 10.2. The molecule has 3 rings (SSSR count). The van der Waals surface area contributed by atoms with Crippen LogP contribution in [0.5, 0.6) is 11.5 Å². The average Bonchev–Trinajstić information content (AvgIpc) is 3.05. The summed E-state index contributed by atoms with van der Waals surface area (Å²) in [6.07, 6.45) is 4.10. The van der Waals surface area contributed by atoms with Crippen molar-refractivity contribution in [1.29, 1.82) is 0 Å². The van der Waals surface area contributed by atoms with Crippen molar-refractivity contribution in [3.05, 3.63) is 85.0 Å². The lowest BCUT2D eigenvalue weighted by atomic mass is 9.81. The van der Waals surface area contributed by atoms with E-state index in [9.17, 15) is 14.4 Å². The number of aliphatic hydroxyl groups is 1. The fraction of sp³-hybridized carbons (Fsp3) is 0.382. The van der Waals surface area contributed by atoms with E-state index in [0.717, 1.165) is 42.4 Å². The largest absolute Gasteiger partial charge is 0.490 e. The van der Waals surface area contributed by atoms with Crippen molar-refractivity contribution < 1.29 is 47.9 Å². The first-order valence-electron chi connectivity index (χ1n) is 14.4. The smallest absolute Gasteiger partial charge is 0.335 e. The lowest BCUT2D eigenvalue weighted by Crippen LogP contribution is -2.23. The first-order valence-corrected chi connectivity index (χ1v) is 14.4. The maximum atomic E-state index is 12.0. The van der Waals surface area contributed by atoms with Gasteiger partial charge in [0.25, 0.3) is 0 Å². The number of methoxy groups -OCH3 is 1. The average molecular weight is 609 g/mol. The van der Waals surface area contributed by atoms with Gasteiger partial charge in [0.1, 0.15) is 44.0 Å². The second-order valence-electron chi connectivity index (χ2n) is 10.2. The summed E-state index contributed by atoms with van der Waals surface area (Å²) in [5.41, 5.74) is 3.20. The van der Waals surface area contributed by atoms with Gasteiger partial charge in [0, 0.05) is 13.2 Å². The van der Waals surface area contributed by atoms with Crippen molar-refractivity contribution in [2.24, 2.45) is 0 Å². The fourth-order valence-electron chi connectivity index (χ4n) is 4.71. The molecular weight excluding hydrogens is 568 g/mol. The van der Waals surface area contributed by atoms with Gasteiger partial charge in [0.05, 0.1) is 24.4 Å². The van der Waals surface area contributed by atoms with Crippen molar-refractivity contribution >= 4 is 17.9 Å². The van der Waals surface area contributed by atoms with E-state index in [4.69, 9.17) is 33.5 Å². The number of aliphatic hydroxyl groups excluding tert-OH is 1. The van der Waals surface area contributed by atoms with Gasteiger partial charge in [-0.2, -0.15) is 0 Å². The molecule has 0 aromatic heterocycles. The Hall–Kier alpha value is -4.41. The number of hydrogen-bond acceptors (Lipinski definition) is 10. The Morgan fingerprint density at radius 2 is 1.45 bits per heavy atom. The monoisotopic (exact) mass is 608 g/mol. The number of carbonyl (C=O) groups is 3. The van der Waals surface area contributed by atoms with Crippen LogP contribution >= 0.6 is 0 Å². The molecule has 1 aliphatic rings. The molecule has 0 heterocycles. The third-order valence-corrected chi connectivity index (χ3v) is 7.01. The van der Waals surface area contributed by atoms with E-state index < -0.39 is 24.5 Å². The Bertz CT molecular complexity index is 1310. The van der Waals surface area contributed by atoms with Crippen molar-refractivity contribution in [2.75, 3.05) is 46.8 Å². The van der Waals surface area contributed by atoms with Crippen molar-refractivity contribution in [1.82, 2.24) is 0 Å². The van der Waals surface area contributed by atoms with Crippen molar-refractivity contribution in [2.45, 2.75) is 37.7 Å². The maximum Gasteiger partial charge on any atom is 0.335 e. The third kappa shape index (κ3) is 10.4. The van der Waals surface area contributed by atoms with Gasteiger partial charge in [-0.05, 0) is 72.6 Å². The molecule has 1 fully saturated rings. The molecule has 1 aliphatic carbocycles. The summed E-state index contributed by atoms with van der Waals surface area (Å²) >= 11 is 0. The molecule has 0 amide bonds. The van der Waals surface area contributed by atoms with E-state index in [1.807, 2.05) is 36.4 Å². The van der Waals surface area contributed by atoms with Gasteiger partial charge in [0.15, 0.2) is 0 Å². The molecule has 0 radical (unpaired) electrons. The first-order chi connectivity index (χ1) is 21.2. The molecule has 236 valence electrons. The van der Waals surface area contributed by atoms with Crippen LogP contribution in [-0.4, -0.2) is 75.9 Å². The summed E-state index contributed by atoms with van der Waals surface area (Å²) < 4.78 is 32.4. The highest BCUT2D eigenvalue weighted by atomic mass is 16.6. The predicted molar refractivity (Wildman–Crippen MR) is 163 cm³/mol. The van der Waals surface area contributed by atoms with Crippen molar-refractivity contribution in [3.8, 4) is 22.6 Å². The highest BCUT2D eigenvalue weighted by molar-refractivity contribution is 5.88. The van der Waals surface area contributed by atoms with Crippen LogP contribution in [0.2, 0.25) is 0 Å². The third-order valence-electron chi connectivity index (χ3n) is 7.01.